The molecule has 1 atom stereocenters. The van der Waals surface area contributed by atoms with Gasteiger partial charge in [0.15, 0.2) is 0 Å². The van der Waals surface area contributed by atoms with Gasteiger partial charge in [-0.1, -0.05) is 18.2 Å². The number of para-hydroxylation sites is 1. The monoisotopic (exact) mass is 236 g/mol. The van der Waals surface area contributed by atoms with E-state index in [2.05, 4.69) is 0 Å². The summed E-state index contributed by atoms with van der Waals surface area (Å²) in [6, 6.07) is 6.44. The quantitative estimate of drug-likeness (QED) is 0.643. The van der Waals surface area contributed by atoms with E-state index >= 15 is 0 Å². The molecule has 2 N–H and O–H groups in total. The molecule has 2 rings (SSSR count). The second-order valence-corrected chi connectivity index (χ2v) is 4.29. The minimum absolute atomic E-state index is 0.117. The number of nitrogens with two attached hydrogens (primary N) is 1. The highest BCUT2D eigenvalue weighted by molar-refractivity contribution is 5.42. The zero-order valence-electron chi connectivity index (χ0n) is 9.54. The van der Waals surface area contributed by atoms with Crippen LogP contribution < -0.4 is 5.73 Å². The number of rotatable bonds is 3. The molecule has 1 heterocycles. The minimum Gasteiger partial charge on any atom is -0.381 e. The van der Waals surface area contributed by atoms with Crippen molar-refractivity contribution in [3.8, 4) is 0 Å². The lowest BCUT2D eigenvalue weighted by Gasteiger charge is -2.27. The maximum absolute atomic E-state index is 10.9. The Hall–Kier alpha value is -1.46. The van der Waals surface area contributed by atoms with Crippen LogP contribution in [0.4, 0.5) is 5.69 Å². The molecule has 92 valence electrons. The Morgan fingerprint density at radius 2 is 2.00 bits per heavy atom. The molecule has 1 aromatic rings. The van der Waals surface area contributed by atoms with E-state index in [0.29, 0.717) is 18.8 Å². The number of benzene rings is 1. The highest BCUT2D eigenvalue weighted by Gasteiger charge is 2.27. The van der Waals surface area contributed by atoms with Crippen LogP contribution in [0.15, 0.2) is 24.3 Å². The third-order valence-electron chi connectivity index (χ3n) is 3.27. The van der Waals surface area contributed by atoms with Gasteiger partial charge in [-0.05, 0) is 18.8 Å². The van der Waals surface area contributed by atoms with Gasteiger partial charge in [0.05, 0.1) is 4.92 Å². The predicted molar refractivity (Wildman–Crippen MR) is 63.6 cm³/mol. The average molecular weight is 236 g/mol. The summed E-state index contributed by atoms with van der Waals surface area (Å²) in [5, 5.41) is 10.9. The van der Waals surface area contributed by atoms with Crippen molar-refractivity contribution in [3.63, 3.8) is 0 Å². The van der Waals surface area contributed by atoms with Crippen molar-refractivity contribution in [1.29, 1.82) is 0 Å². The van der Waals surface area contributed by atoms with Crippen LogP contribution in [0.3, 0.4) is 0 Å². The molecule has 0 aromatic heterocycles. The lowest BCUT2D eigenvalue weighted by atomic mass is 9.87. The Morgan fingerprint density at radius 1 is 1.35 bits per heavy atom. The van der Waals surface area contributed by atoms with Crippen LogP contribution >= 0.6 is 0 Å². The lowest BCUT2D eigenvalue weighted by Crippen LogP contribution is -2.27. The van der Waals surface area contributed by atoms with Gasteiger partial charge in [-0.25, -0.2) is 0 Å². The molecule has 0 unspecified atom stereocenters. The van der Waals surface area contributed by atoms with E-state index in [1.54, 1.807) is 18.2 Å². The molecule has 5 heteroatoms. The molecule has 1 aromatic carbocycles. The van der Waals surface area contributed by atoms with Crippen molar-refractivity contribution in [1.82, 2.24) is 0 Å². The van der Waals surface area contributed by atoms with E-state index in [9.17, 15) is 10.1 Å². The van der Waals surface area contributed by atoms with E-state index in [-0.39, 0.29) is 22.6 Å². The van der Waals surface area contributed by atoms with Gasteiger partial charge in [0, 0.05) is 30.9 Å². The van der Waals surface area contributed by atoms with Crippen LogP contribution in [-0.2, 0) is 4.74 Å². The van der Waals surface area contributed by atoms with Crippen molar-refractivity contribution in [2.75, 3.05) is 13.2 Å². The molecule has 0 radical (unpaired) electrons. The van der Waals surface area contributed by atoms with Gasteiger partial charge < -0.3 is 10.5 Å². The van der Waals surface area contributed by atoms with Gasteiger partial charge in [-0.2, -0.15) is 0 Å². The summed E-state index contributed by atoms with van der Waals surface area (Å²) in [6.07, 6.45) is 1.74. The fraction of sp³-hybridized carbons (Fsp3) is 0.500. The van der Waals surface area contributed by atoms with E-state index < -0.39 is 0 Å². The van der Waals surface area contributed by atoms with Crippen molar-refractivity contribution in [2.45, 2.75) is 18.9 Å². The second kappa shape index (κ2) is 5.25. The normalized spacial score (nSPS) is 18.9. The smallest absolute Gasteiger partial charge is 0.274 e. The largest absolute Gasteiger partial charge is 0.381 e. The first-order valence-corrected chi connectivity index (χ1v) is 5.77. The first-order chi connectivity index (χ1) is 8.20. The van der Waals surface area contributed by atoms with Crippen LogP contribution in [0.25, 0.3) is 0 Å². The fourth-order valence-electron chi connectivity index (χ4n) is 2.26. The summed E-state index contributed by atoms with van der Waals surface area (Å²) in [4.78, 5) is 10.6. The topological polar surface area (TPSA) is 78.4 Å². The third kappa shape index (κ3) is 2.62. The van der Waals surface area contributed by atoms with E-state index in [0.717, 1.165) is 12.8 Å². The van der Waals surface area contributed by atoms with E-state index in [1.165, 1.54) is 6.07 Å². The fourth-order valence-corrected chi connectivity index (χ4v) is 2.26. The Morgan fingerprint density at radius 3 is 2.65 bits per heavy atom. The average Bonchev–Trinajstić information content (AvgIpc) is 2.39. The zero-order valence-corrected chi connectivity index (χ0v) is 9.54. The maximum atomic E-state index is 10.9. The van der Waals surface area contributed by atoms with Crippen molar-refractivity contribution in [2.24, 2.45) is 11.7 Å². The third-order valence-corrected chi connectivity index (χ3v) is 3.27. The minimum atomic E-state index is -0.367. The first-order valence-electron chi connectivity index (χ1n) is 5.77. The Bertz CT molecular complexity index is 402. The molecule has 1 aliphatic heterocycles. The van der Waals surface area contributed by atoms with Crippen molar-refractivity contribution >= 4 is 5.69 Å². The Kier molecular flexibility index (Phi) is 3.71. The van der Waals surface area contributed by atoms with Crippen LogP contribution in [0.5, 0.6) is 0 Å². The molecule has 0 saturated carbocycles. The molecule has 0 aliphatic carbocycles. The van der Waals surface area contributed by atoms with Crippen molar-refractivity contribution in [3.05, 3.63) is 39.9 Å². The molecule has 1 aliphatic rings. The molecule has 0 amide bonds. The zero-order chi connectivity index (χ0) is 12.3. The Balaban J connectivity index is 2.23. The van der Waals surface area contributed by atoms with Gasteiger partial charge in [-0.15, -0.1) is 0 Å². The summed E-state index contributed by atoms with van der Waals surface area (Å²) in [5.41, 5.74) is 6.89. The van der Waals surface area contributed by atoms with E-state index in [4.69, 9.17) is 10.5 Å². The van der Waals surface area contributed by atoms with Gasteiger partial charge in [0.25, 0.3) is 5.69 Å². The number of nitro groups is 1. The standard InChI is InChI=1S/C12H16N2O3/c13-12(9-5-7-17-8-6-9)10-3-1-2-4-11(10)14(15)16/h1-4,9,12H,5-8,13H2/t12-/m0/s1. The number of nitro benzene ring substituents is 1. The van der Waals surface area contributed by atoms with Crippen LogP contribution in [0.1, 0.15) is 24.4 Å². The lowest BCUT2D eigenvalue weighted by molar-refractivity contribution is -0.385. The van der Waals surface area contributed by atoms with Gasteiger partial charge >= 0.3 is 0 Å². The van der Waals surface area contributed by atoms with E-state index in [1.807, 2.05) is 0 Å². The number of hydrogen-bond donors (Lipinski definition) is 1. The summed E-state index contributed by atoms with van der Waals surface area (Å²) in [5.74, 6) is 0.268. The summed E-state index contributed by atoms with van der Waals surface area (Å²) >= 11 is 0. The Labute approximate surface area is 99.7 Å². The molecular weight excluding hydrogens is 220 g/mol. The number of hydrogen-bond acceptors (Lipinski definition) is 4. The predicted octanol–water partition coefficient (Wildman–Crippen LogP) is 2.02. The van der Waals surface area contributed by atoms with Crippen LogP contribution in [-0.4, -0.2) is 18.1 Å². The van der Waals surface area contributed by atoms with Crippen molar-refractivity contribution < 1.29 is 9.66 Å². The molecule has 5 nitrogen and oxygen atoms in total. The molecule has 1 fully saturated rings. The number of nitrogens with zero attached hydrogens (tertiary/aromatic N) is 1. The molecular formula is C12H16N2O3. The molecule has 1 saturated heterocycles. The van der Waals surface area contributed by atoms with Gasteiger partial charge in [-0.3, -0.25) is 10.1 Å². The SMILES string of the molecule is N[C@H](c1ccccc1[N+](=O)[O-])C1CCOCC1. The summed E-state index contributed by atoms with van der Waals surface area (Å²) < 4.78 is 5.27. The molecule has 0 bridgehead atoms. The summed E-state index contributed by atoms with van der Waals surface area (Å²) in [7, 11) is 0. The highest BCUT2D eigenvalue weighted by Crippen LogP contribution is 2.32. The van der Waals surface area contributed by atoms with Gasteiger partial charge in [0.2, 0.25) is 0 Å². The van der Waals surface area contributed by atoms with Crippen LogP contribution in [0.2, 0.25) is 0 Å². The highest BCUT2D eigenvalue weighted by atomic mass is 16.6. The number of ether oxygens (including phenoxy) is 1. The first kappa shape index (κ1) is 12.0. The summed E-state index contributed by atoms with van der Waals surface area (Å²) in [6.45, 7) is 1.39. The second-order valence-electron chi connectivity index (χ2n) is 4.29. The molecule has 0 spiro atoms. The van der Waals surface area contributed by atoms with Gasteiger partial charge in [0.1, 0.15) is 0 Å². The molecule has 17 heavy (non-hydrogen) atoms. The van der Waals surface area contributed by atoms with Crippen LogP contribution in [0, 0.1) is 16.0 Å². The maximum Gasteiger partial charge on any atom is 0.274 e.